The van der Waals surface area contributed by atoms with E-state index in [1.807, 2.05) is 0 Å². The van der Waals surface area contributed by atoms with Gasteiger partial charge in [-0.3, -0.25) is 82.7 Å². The fourth-order valence-electron chi connectivity index (χ4n) is 10.3. The Labute approximate surface area is 621 Å². The van der Waals surface area contributed by atoms with Crippen LogP contribution in [0.1, 0.15) is 171 Å². The van der Waals surface area contributed by atoms with E-state index in [2.05, 4.69) is 74.4 Å². The lowest BCUT2D eigenvalue weighted by atomic mass is 10.0. The second-order valence-corrected chi connectivity index (χ2v) is 27.2. The van der Waals surface area contributed by atoms with Gasteiger partial charge in [-0.05, 0) is 135 Å². The Bertz CT molecular complexity index is 3010. The summed E-state index contributed by atoms with van der Waals surface area (Å²) in [4.78, 5) is 215. The number of primary amides is 1. The smallest absolute Gasteiger partial charge is 0.326 e. The fourth-order valence-corrected chi connectivity index (χ4v) is 10.3. The zero-order valence-electron chi connectivity index (χ0n) is 62.4. The third-order valence-corrected chi connectivity index (χ3v) is 16.2. The van der Waals surface area contributed by atoms with Crippen LogP contribution < -0.4 is 109 Å². The van der Waals surface area contributed by atoms with Crippen LogP contribution in [0.5, 0.6) is 0 Å². The van der Waals surface area contributed by atoms with Gasteiger partial charge in [0, 0.05) is 25.9 Å². The number of aliphatic hydroxyl groups is 1. The topological polar surface area (TPSA) is 726 Å². The van der Waals surface area contributed by atoms with E-state index in [9.17, 15) is 97.1 Å². The molecule has 42 heteroatoms. The number of rotatable bonds is 55. The van der Waals surface area contributed by atoms with E-state index < -0.39 is 229 Å². The van der Waals surface area contributed by atoms with Gasteiger partial charge < -0.3 is 129 Å². The molecule has 0 aliphatic rings. The van der Waals surface area contributed by atoms with E-state index in [-0.39, 0.29) is 69.9 Å². The Morgan fingerprint density at radius 2 is 0.692 bits per heavy atom. The average molecular weight is 1530 g/mol. The third-order valence-electron chi connectivity index (χ3n) is 16.2. The third kappa shape index (κ3) is 40.8. The first-order valence-corrected chi connectivity index (χ1v) is 35.5. The number of carbonyl (C=O) groups excluding carboxylic acids is 13. The maximum atomic E-state index is 14.6. The highest BCUT2D eigenvalue weighted by molar-refractivity contribution is 6.00. The minimum Gasteiger partial charge on any atom is -0.481 e. The molecule has 0 saturated carbocycles. The van der Waals surface area contributed by atoms with Gasteiger partial charge >= 0.3 is 17.9 Å². The molecule has 0 aliphatic heterocycles. The van der Waals surface area contributed by atoms with Crippen molar-refractivity contribution in [1.29, 1.82) is 10.8 Å². The zero-order valence-corrected chi connectivity index (χ0v) is 62.4. The molecule has 0 heterocycles. The van der Waals surface area contributed by atoms with E-state index in [0.717, 1.165) is 13.8 Å². The van der Waals surface area contributed by atoms with Crippen molar-refractivity contribution in [3.63, 3.8) is 0 Å². The second-order valence-electron chi connectivity index (χ2n) is 27.2. The number of carbonyl (C=O) groups is 16. The van der Waals surface area contributed by atoms with Gasteiger partial charge in [0.25, 0.3) is 0 Å². The Balaban J connectivity index is 7.24. The molecule has 13 amide bonds. The molecule has 32 N–H and O–H groups in total. The van der Waals surface area contributed by atoms with Crippen LogP contribution in [-0.4, -0.2) is 238 Å². The van der Waals surface area contributed by atoms with E-state index in [0.29, 0.717) is 45.2 Å². The number of guanidine groups is 2. The number of hydrogen-bond acceptors (Lipinski definition) is 22. The SMILES string of the molecule is CC(C)C[C@H](NC(=O)[C@H](C)NC(=O)[C@H](CC(=O)O)NC(=O)[C@@H](NC(=O)[C@@H](NC(=O)[C@H](CCC(=O)O)NC(=O)[C@H](CCC(N)=O)NC(=O)[C@H](CCCNC(=N)N)NC(=O)[C@H](CCCNC(=N)N)NC(=O)[C@H](CC(C)C)NC(=O)[C@H](C)NC(=O)[C@H](CCCCN)NC(=O)[C@@H](N)CCCCN)[C@@H](C)O)C(C)C)C(=O)O. The van der Waals surface area contributed by atoms with Crippen molar-refractivity contribution in [3.05, 3.63) is 0 Å². The molecule has 42 nitrogen and oxygen atoms in total. The number of nitrogens with one attached hydrogen (secondary N) is 16. The van der Waals surface area contributed by atoms with Gasteiger partial charge in [0.1, 0.15) is 72.5 Å². The van der Waals surface area contributed by atoms with Crippen LogP contribution in [-0.2, 0) is 76.7 Å². The minimum absolute atomic E-state index is 0.0179. The van der Waals surface area contributed by atoms with Crippen molar-refractivity contribution in [2.75, 3.05) is 26.2 Å². The lowest BCUT2D eigenvalue weighted by molar-refractivity contribution is -0.143. The summed E-state index contributed by atoms with van der Waals surface area (Å²) >= 11 is 0. The van der Waals surface area contributed by atoms with Gasteiger partial charge in [0.2, 0.25) is 76.8 Å². The van der Waals surface area contributed by atoms with E-state index >= 15 is 0 Å². The molecule has 0 radical (unpaired) electrons. The number of unbranched alkanes of at least 4 members (excludes halogenated alkanes) is 2. The highest BCUT2D eigenvalue weighted by Gasteiger charge is 2.39. The lowest BCUT2D eigenvalue weighted by Crippen LogP contribution is -2.62. The molecule has 608 valence electrons. The van der Waals surface area contributed by atoms with Crippen LogP contribution in [0, 0.1) is 28.6 Å². The molecule has 0 unspecified atom stereocenters. The van der Waals surface area contributed by atoms with E-state index in [4.69, 9.17) is 45.2 Å². The molecule has 0 aromatic carbocycles. The number of hydrogen-bond donors (Lipinski definition) is 26. The summed E-state index contributed by atoms with van der Waals surface area (Å²) in [5.41, 5.74) is 33.8. The van der Waals surface area contributed by atoms with Gasteiger partial charge in [-0.15, -0.1) is 0 Å². The largest absolute Gasteiger partial charge is 0.481 e. The number of amides is 13. The first kappa shape index (κ1) is 96.9. The molecule has 0 aromatic heterocycles. The van der Waals surface area contributed by atoms with Gasteiger partial charge in [-0.25, -0.2) is 4.79 Å². The van der Waals surface area contributed by atoms with Crippen molar-refractivity contribution in [1.82, 2.24) is 74.4 Å². The Hall–Kier alpha value is -10.1. The van der Waals surface area contributed by atoms with Gasteiger partial charge in [-0.1, -0.05) is 48.0 Å². The van der Waals surface area contributed by atoms with Crippen molar-refractivity contribution in [3.8, 4) is 0 Å². The Morgan fingerprint density at radius 3 is 1.08 bits per heavy atom. The molecule has 0 spiro atoms. The van der Waals surface area contributed by atoms with Gasteiger partial charge in [0.05, 0.1) is 18.6 Å². The first-order valence-electron chi connectivity index (χ1n) is 35.5. The average Bonchev–Trinajstić information content (AvgIpc) is 0.854. The highest BCUT2D eigenvalue weighted by atomic mass is 16.4. The Morgan fingerprint density at radius 1 is 0.355 bits per heavy atom. The van der Waals surface area contributed by atoms with Crippen molar-refractivity contribution < 1.29 is 97.1 Å². The van der Waals surface area contributed by atoms with E-state index in [1.54, 1.807) is 27.7 Å². The summed E-state index contributed by atoms with van der Waals surface area (Å²) < 4.78 is 0. The molecule has 0 aromatic rings. The van der Waals surface area contributed by atoms with Crippen LogP contribution in [0.15, 0.2) is 0 Å². The number of carboxylic acids is 3. The molecule has 0 rings (SSSR count). The maximum absolute atomic E-state index is 14.6. The fraction of sp³-hybridized carbons (Fsp3) is 0.723. The van der Waals surface area contributed by atoms with E-state index in [1.165, 1.54) is 20.8 Å². The van der Waals surface area contributed by atoms with Gasteiger partial charge in [-0.2, -0.15) is 0 Å². The quantitative estimate of drug-likeness (QED) is 0.0153. The summed E-state index contributed by atoms with van der Waals surface area (Å²) in [5, 5.41) is 89.1. The highest BCUT2D eigenvalue weighted by Crippen LogP contribution is 2.14. The number of nitrogens with two attached hydrogens (primary N) is 6. The number of aliphatic carboxylic acids is 3. The van der Waals surface area contributed by atoms with Crippen LogP contribution in [0.4, 0.5) is 0 Å². The number of carboxylic acid groups (broad SMARTS) is 3. The molecular formula is C65H118N22O20. The van der Waals surface area contributed by atoms with Crippen molar-refractivity contribution >= 4 is 107 Å². The molecule has 107 heavy (non-hydrogen) atoms. The second kappa shape index (κ2) is 51.2. The first-order chi connectivity index (χ1) is 50.0. The predicted molar refractivity (Wildman–Crippen MR) is 387 cm³/mol. The molecule has 0 aliphatic carbocycles. The van der Waals surface area contributed by atoms with Crippen molar-refractivity contribution in [2.24, 2.45) is 52.2 Å². The Kier molecular flexibility index (Phi) is 46.4. The summed E-state index contributed by atoms with van der Waals surface area (Å²) in [7, 11) is 0. The summed E-state index contributed by atoms with van der Waals surface area (Å²) in [5.74, 6) is -20.4. The minimum atomic E-state index is -2.04. The number of aliphatic hydroxyl groups excluding tert-OH is 1. The summed E-state index contributed by atoms with van der Waals surface area (Å²) in [6.45, 7) is 13.8. The lowest BCUT2D eigenvalue weighted by Gasteiger charge is -2.29. The summed E-state index contributed by atoms with van der Waals surface area (Å²) in [6, 6.07) is -20.3. The predicted octanol–water partition coefficient (Wildman–Crippen LogP) is -7.23. The monoisotopic (exact) mass is 1530 g/mol. The molecule has 0 fully saturated rings. The summed E-state index contributed by atoms with van der Waals surface area (Å²) in [6.07, 6.45) is -3.83. The zero-order chi connectivity index (χ0) is 82.0. The van der Waals surface area contributed by atoms with Crippen LogP contribution in [0.2, 0.25) is 0 Å². The molecular weight excluding hydrogens is 1410 g/mol. The van der Waals surface area contributed by atoms with Crippen LogP contribution >= 0.6 is 0 Å². The normalized spacial score (nSPS) is 15.1. The van der Waals surface area contributed by atoms with Gasteiger partial charge in [0.15, 0.2) is 11.9 Å². The van der Waals surface area contributed by atoms with Crippen molar-refractivity contribution in [2.45, 2.75) is 256 Å². The standard InChI is InChI=1S/C65H118N22O20/c1-31(2)28-43(83-51(94)34(7)76-54(97)38(17-11-13-25-67)78-53(96)37(68)16-10-12-24-66)60(103)80-40(19-15-27-75-65(72)73)55(98)79-39(18-14-26-74-64(70)71)56(99)81-41(20-22-46(69)89)57(100)82-42(21-23-47(90)91)58(101)87-50(36(9)88)62(105)86-49(33(5)6)61(104)84-44(30-48(92)93)59(102)77-35(8)52(95)85-45(63(106)107)29-32(3)4/h31-45,49-50,88H,10-30,66-68H2,1-9H3,(H2,69,89)(H,76,97)(H,77,102)(H,78,96)(H,79,98)(H,80,103)(H,81,99)(H,82,100)(H,83,94)(H,84,104)(H,85,95)(H,86,105)(H,87,101)(H,90,91)(H,92,93)(H,106,107)(H4,70,71,74)(H4,72,73,75)/t34-,35-,36+,37-,38-,39-,40-,41-,42-,43-,44-,45-,49-,50-/m0/s1. The molecule has 0 saturated heterocycles. The van der Waals surface area contributed by atoms with Crippen LogP contribution in [0.3, 0.4) is 0 Å². The maximum Gasteiger partial charge on any atom is 0.326 e. The molecule has 14 atom stereocenters. The molecule has 0 bridgehead atoms. The van der Waals surface area contributed by atoms with Crippen LogP contribution in [0.25, 0.3) is 0 Å².